The van der Waals surface area contributed by atoms with Gasteiger partial charge in [-0.15, -0.1) is 0 Å². The van der Waals surface area contributed by atoms with Crippen LogP contribution in [0.5, 0.6) is 0 Å². The Hall–Kier alpha value is 0.0621. The number of rotatable bonds is 1. The van der Waals surface area contributed by atoms with E-state index < -0.39 is 0 Å². The third-order valence-electron chi connectivity index (χ3n) is 2.27. The summed E-state index contributed by atoms with van der Waals surface area (Å²) in [5.41, 5.74) is 1.48. The second-order valence-electron chi connectivity index (χ2n) is 3.33. The van der Waals surface area contributed by atoms with Crippen LogP contribution in [0.25, 0.3) is 10.8 Å². The van der Waals surface area contributed by atoms with Crippen LogP contribution < -0.4 is 23.1 Å². The van der Waals surface area contributed by atoms with E-state index in [9.17, 15) is 0 Å². The fraction of sp³-hybridized carbons (Fsp3) is 0.167. The van der Waals surface area contributed by atoms with E-state index in [1.165, 1.54) is 42.1 Å². The van der Waals surface area contributed by atoms with Gasteiger partial charge in [-0.05, 0) is 0 Å². The molecule has 79 valence electrons. The third-order valence-corrected chi connectivity index (χ3v) is 3.57. The van der Waals surface area contributed by atoms with Gasteiger partial charge < -0.3 is 23.1 Å². The molecule has 2 aromatic rings. The first-order chi connectivity index (χ1) is 6.27. The summed E-state index contributed by atoms with van der Waals surface area (Å²) in [7, 11) is 0. The first kappa shape index (κ1) is 15.1. The fourth-order valence-electron chi connectivity index (χ4n) is 1.48. The van der Waals surface area contributed by atoms with Crippen molar-refractivity contribution in [3.05, 3.63) is 48.0 Å². The minimum Gasteiger partial charge on any atom is -1.00 e. The van der Waals surface area contributed by atoms with Crippen molar-refractivity contribution in [3.8, 4) is 0 Å². The maximum Gasteiger partial charge on any atom is -0.369 e. The van der Waals surface area contributed by atoms with Gasteiger partial charge in [0, 0.05) is 0 Å². The molecule has 1 nitrogen and oxygen atoms in total. The van der Waals surface area contributed by atoms with E-state index in [4.69, 9.17) is 0 Å². The Kier molecular flexibility index (Phi) is 6.63. The van der Waals surface area contributed by atoms with Gasteiger partial charge >= 0.3 is 95.0 Å². The summed E-state index contributed by atoms with van der Waals surface area (Å²) in [4.78, 5) is 0. The molecule has 4 N–H and O–H groups in total. The normalized spacial score (nSPS) is 11.3. The summed E-state index contributed by atoms with van der Waals surface area (Å²) >= 11 is 1.23. The number of hydrogen-bond donors (Lipinski definition) is 1. The van der Waals surface area contributed by atoms with Crippen molar-refractivity contribution in [1.82, 2.24) is 6.15 Å². The van der Waals surface area contributed by atoms with Gasteiger partial charge in [0.1, 0.15) is 0 Å². The summed E-state index contributed by atoms with van der Waals surface area (Å²) in [5, 5.41) is 2.70. The molecule has 2 rings (SSSR count). The largest absolute Gasteiger partial charge is 1.00 e. The molecule has 0 saturated heterocycles. The van der Waals surface area contributed by atoms with Gasteiger partial charge in [-0.1, -0.05) is 0 Å². The Labute approximate surface area is 117 Å². The van der Waals surface area contributed by atoms with Crippen LogP contribution in [0.3, 0.4) is 0 Å². The molecule has 0 fully saturated rings. The van der Waals surface area contributed by atoms with E-state index >= 15 is 0 Å². The van der Waals surface area contributed by atoms with E-state index in [1.54, 1.807) is 0 Å². The van der Waals surface area contributed by atoms with Gasteiger partial charge in [0.2, 0.25) is 0 Å². The van der Waals surface area contributed by atoms with Crippen molar-refractivity contribution in [2.45, 2.75) is 10.4 Å². The minimum atomic E-state index is 0. The predicted octanol–water partition coefficient (Wildman–Crippen LogP) is 0.449. The van der Waals surface area contributed by atoms with Crippen LogP contribution in [0, 0.1) is 0 Å². The number of benzene rings is 2. The molecule has 0 amide bonds. The third kappa shape index (κ3) is 3.53. The summed E-state index contributed by atoms with van der Waals surface area (Å²) < 4.78 is 0.754. The predicted molar refractivity (Wildman–Crippen MR) is 64.1 cm³/mol. The second-order valence-corrected chi connectivity index (χ2v) is 6.69. The quantitative estimate of drug-likeness (QED) is 0.601. The Morgan fingerprint density at radius 1 is 1.00 bits per heavy atom. The van der Waals surface area contributed by atoms with Crippen LogP contribution in [0.4, 0.5) is 0 Å². The average Bonchev–Trinajstić information content (AvgIpc) is 2.17. The van der Waals surface area contributed by atoms with Gasteiger partial charge in [0.25, 0.3) is 0 Å². The number of halogens is 1. The molecule has 0 aromatic heterocycles. The van der Waals surface area contributed by atoms with Gasteiger partial charge in [-0.3, -0.25) is 0 Å². The van der Waals surface area contributed by atoms with Crippen LogP contribution >= 0.6 is 0 Å². The molecule has 0 spiro atoms. The van der Waals surface area contributed by atoms with E-state index in [0.717, 1.165) is 3.48 Å². The van der Waals surface area contributed by atoms with Gasteiger partial charge in [-0.2, -0.15) is 0 Å². The standard InChI is InChI=1S/C12H11.BrH.H3N.Pb/c1-2-10-7-8-11-5-3-4-6-12(11)9-10;;;/h2-9H,1H3;1H;1H3;. The molecule has 0 aliphatic carbocycles. The zero-order valence-corrected chi connectivity index (χ0v) is 14.5. The zero-order valence-electron chi connectivity index (χ0n) is 9.00. The van der Waals surface area contributed by atoms with E-state index in [1.807, 2.05) is 0 Å². The van der Waals surface area contributed by atoms with Gasteiger partial charge in [-0.25, -0.2) is 0 Å². The maximum atomic E-state index is 2.31. The Morgan fingerprint density at radius 3 is 2.20 bits per heavy atom. The van der Waals surface area contributed by atoms with E-state index in [2.05, 4.69) is 49.4 Å². The molecule has 0 saturated carbocycles. The van der Waals surface area contributed by atoms with Crippen molar-refractivity contribution >= 4 is 36.5 Å². The molecule has 0 bridgehead atoms. The van der Waals surface area contributed by atoms with Crippen molar-refractivity contribution in [2.75, 3.05) is 0 Å². The fourth-order valence-corrected chi connectivity index (χ4v) is 2.18. The molecule has 2 aromatic carbocycles. The molecular formula is C12H15BrNPb. The van der Waals surface area contributed by atoms with E-state index in [0.29, 0.717) is 0 Å². The number of fused-ring (bicyclic) bond motifs is 1. The smallest absolute Gasteiger partial charge is 0.369 e. The molecule has 0 unspecified atom stereocenters. The van der Waals surface area contributed by atoms with Crippen molar-refractivity contribution in [1.29, 1.82) is 0 Å². The topological polar surface area (TPSA) is 36.5 Å². The zero-order chi connectivity index (χ0) is 9.26. The average molecular weight is 460 g/mol. The van der Waals surface area contributed by atoms with Crippen LogP contribution in [0.1, 0.15) is 16.0 Å². The van der Waals surface area contributed by atoms with Gasteiger partial charge in [0.15, 0.2) is 0 Å². The van der Waals surface area contributed by atoms with Gasteiger partial charge in [0.05, 0.1) is 0 Å². The SMILES string of the molecule is C[C@H]([Pb])c1ccc2ccccc2c1.[Br-].[NH4+]. The Morgan fingerprint density at radius 2 is 1.60 bits per heavy atom. The van der Waals surface area contributed by atoms with Crippen molar-refractivity contribution in [3.63, 3.8) is 0 Å². The monoisotopic (exact) mass is 460 g/mol. The summed E-state index contributed by atoms with van der Waals surface area (Å²) in [6.45, 7) is 2.29. The molecule has 15 heavy (non-hydrogen) atoms. The van der Waals surface area contributed by atoms with Crippen molar-refractivity contribution < 1.29 is 17.0 Å². The maximum absolute atomic E-state index is 2.31. The molecule has 0 aliphatic rings. The molecule has 3 radical (unpaired) electrons. The van der Waals surface area contributed by atoms with Crippen LogP contribution in [-0.2, 0) is 0 Å². The molecule has 0 heterocycles. The summed E-state index contributed by atoms with van der Waals surface area (Å²) in [6.07, 6.45) is 0. The molecule has 0 aliphatic heterocycles. The first-order valence-corrected chi connectivity index (χ1v) is 6.71. The first-order valence-electron chi connectivity index (χ1n) is 4.47. The van der Waals surface area contributed by atoms with Crippen LogP contribution in [0.2, 0.25) is 0 Å². The Bertz CT molecular complexity index is 429. The second kappa shape index (κ2) is 6.60. The van der Waals surface area contributed by atoms with Crippen LogP contribution in [0.15, 0.2) is 42.5 Å². The molecule has 3 heteroatoms. The van der Waals surface area contributed by atoms with Crippen molar-refractivity contribution in [2.24, 2.45) is 0 Å². The number of quaternary nitrogens is 1. The Balaban J connectivity index is 0.000000980. The number of hydrogen-bond acceptors (Lipinski definition) is 0. The van der Waals surface area contributed by atoms with Crippen LogP contribution in [-0.4, -0.2) is 25.8 Å². The van der Waals surface area contributed by atoms with E-state index in [-0.39, 0.29) is 23.1 Å². The molecule has 1 atom stereocenters. The summed E-state index contributed by atoms with van der Waals surface area (Å²) in [6, 6.07) is 15.3. The summed E-state index contributed by atoms with van der Waals surface area (Å²) in [5.74, 6) is 0. The minimum absolute atomic E-state index is 0. The molecular weight excluding hydrogens is 445 g/mol.